The standard InChI is InChI=1S/C22H17NO4/c24-18-10-9-17-19(20(18)25)22(27)23(21(17)26)13-16-8-4-7-15(12-16)11-14-5-2-1-3-6-14/h1-10,12,24-25H,11,13H2. The minimum Gasteiger partial charge on any atom is -0.504 e. The highest BCUT2D eigenvalue weighted by Gasteiger charge is 2.38. The molecule has 3 aromatic carbocycles. The van der Waals surface area contributed by atoms with E-state index in [0.717, 1.165) is 22.4 Å². The van der Waals surface area contributed by atoms with Crippen LogP contribution in [0.1, 0.15) is 37.4 Å². The van der Waals surface area contributed by atoms with Crippen molar-refractivity contribution < 1.29 is 19.8 Å². The number of phenolic OH excluding ortho intramolecular Hbond substituents is 2. The number of benzene rings is 3. The molecule has 134 valence electrons. The molecule has 0 aliphatic carbocycles. The van der Waals surface area contributed by atoms with Crippen molar-refractivity contribution in [1.29, 1.82) is 0 Å². The Labute approximate surface area is 156 Å². The monoisotopic (exact) mass is 359 g/mol. The molecule has 4 rings (SSSR count). The van der Waals surface area contributed by atoms with Crippen LogP contribution in [0.5, 0.6) is 11.5 Å². The predicted octanol–water partition coefficient (Wildman–Crippen LogP) is 3.48. The Kier molecular flexibility index (Phi) is 4.12. The molecule has 0 saturated carbocycles. The van der Waals surface area contributed by atoms with E-state index < -0.39 is 23.3 Å². The molecule has 0 aromatic heterocycles. The molecule has 0 unspecified atom stereocenters. The van der Waals surface area contributed by atoms with Crippen LogP contribution in [0, 0.1) is 0 Å². The van der Waals surface area contributed by atoms with Crippen LogP contribution in [0.25, 0.3) is 0 Å². The van der Waals surface area contributed by atoms with Crippen LogP contribution >= 0.6 is 0 Å². The van der Waals surface area contributed by atoms with E-state index >= 15 is 0 Å². The number of hydrogen-bond donors (Lipinski definition) is 2. The summed E-state index contributed by atoms with van der Waals surface area (Å²) < 4.78 is 0. The fourth-order valence-electron chi connectivity index (χ4n) is 3.34. The first-order chi connectivity index (χ1) is 13.0. The zero-order valence-corrected chi connectivity index (χ0v) is 14.4. The van der Waals surface area contributed by atoms with E-state index in [0.29, 0.717) is 0 Å². The summed E-state index contributed by atoms with van der Waals surface area (Å²) in [6.07, 6.45) is 0.755. The summed E-state index contributed by atoms with van der Waals surface area (Å²) in [4.78, 5) is 26.2. The normalized spacial score (nSPS) is 13.1. The second kappa shape index (κ2) is 6.61. The number of rotatable bonds is 4. The van der Waals surface area contributed by atoms with Crippen molar-refractivity contribution in [3.05, 3.63) is 94.5 Å². The predicted molar refractivity (Wildman–Crippen MR) is 99.7 cm³/mol. The highest BCUT2D eigenvalue weighted by Crippen LogP contribution is 2.37. The molecule has 5 nitrogen and oxygen atoms in total. The third-order valence-corrected chi connectivity index (χ3v) is 4.67. The lowest BCUT2D eigenvalue weighted by atomic mass is 10.0. The van der Waals surface area contributed by atoms with Gasteiger partial charge in [-0.05, 0) is 35.2 Å². The summed E-state index contributed by atoms with van der Waals surface area (Å²) in [5, 5.41) is 19.6. The van der Waals surface area contributed by atoms with Gasteiger partial charge in [-0.15, -0.1) is 0 Å². The largest absolute Gasteiger partial charge is 0.504 e. The minimum atomic E-state index is -0.600. The van der Waals surface area contributed by atoms with Crippen LogP contribution in [0.4, 0.5) is 0 Å². The van der Waals surface area contributed by atoms with E-state index in [2.05, 4.69) is 0 Å². The lowest BCUT2D eigenvalue weighted by Gasteiger charge is -2.14. The van der Waals surface area contributed by atoms with Crippen molar-refractivity contribution in [3.8, 4) is 11.5 Å². The van der Waals surface area contributed by atoms with Crippen LogP contribution in [0.15, 0.2) is 66.7 Å². The Balaban J connectivity index is 1.58. The van der Waals surface area contributed by atoms with Crippen molar-refractivity contribution in [1.82, 2.24) is 4.90 Å². The van der Waals surface area contributed by atoms with Gasteiger partial charge < -0.3 is 10.2 Å². The smallest absolute Gasteiger partial charge is 0.265 e. The zero-order valence-electron chi connectivity index (χ0n) is 14.4. The third kappa shape index (κ3) is 3.04. The minimum absolute atomic E-state index is 0.106. The van der Waals surface area contributed by atoms with Gasteiger partial charge in [-0.3, -0.25) is 14.5 Å². The average molecular weight is 359 g/mol. The van der Waals surface area contributed by atoms with Gasteiger partial charge in [0.2, 0.25) is 0 Å². The summed E-state index contributed by atoms with van der Waals surface area (Å²) in [6.45, 7) is 0.106. The number of carbonyl (C=O) groups excluding carboxylic acids is 2. The van der Waals surface area contributed by atoms with Crippen LogP contribution in [-0.2, 0) is 13.0 Å². The van der Waals surface area contributed by atoms with Gasteiger partial charge in [0.1, 0.15) is 0 Å². The number of aromatic hydroxyl groups is 2. The van der Waals surface area contributed by atoms with Gasteiger partial charge in [-0.1, -0.05) is 54.6 Å². The van der Waals surface area contributed by atoms with Gasteiger partial charge in [-0.2, -0.15) is 0 Å². The molecular weight excluding hydrogens is 342 g/mol. The van der Waals surface area contributed by atoms with E-state index in [-0.39, 0.29) is 17.7 Å². The Morgan fingerprint density at radius 2 is 1.44 bits per heavy atom. The van der Waals surface area contributed by atoms with Crippen molar-refractivity contribution in [3.63, 3.8) is 0 Å². The lowest BCUT2D eigenvalue weighted by molar-refractivity contribution is 0.0641. The number of nitrogens with zero attached hydrogens (tertiary/aromatic N) is 1. The Morgan fingerprint density at radius 1 is 0.741 bits per heavy atom. The maximum atomic E-state index is 12.6. The van der Waals surface area contributed by atoms with Gasteiger partial charge in [0.15, 0.2) is 11.5 Å². The summed E-state index contributed by atoms with van der Waals surface area (Å²) in [6, 6.07) is 20.3. The third-order valence-electron chi connectivity index (χ3n) is 4.67. The second-order valence-electron chi connectivity index (χ2n) is 6.53. The molecule has 3 aromatic rings. The molecular formula is C22H17NO4. The molecule has 5 heteroatoms. The summed E-state index contributed by atoms with van der Waals surface area (Å²) in [7, 11) is 0. The second-order valence-corrected chi connectivity index (χ2v) is 6.53. The molecule has 0 bridgehead atoms. The molecule has 2 amide bonds. The first kappa shape index (κ1) is 16.8. The van der Waals surface area contributed by atoms with E-state index in [1.165, 1.54) is 17.7 Å². The molecule has 27 heavy (non-hydrogen) atoms. The molecule has 1 heterocycles. The SMILES string of the molecule is O=C1c2ccc(O)c(O)c2C(=O)N1Cc1cccc(Cc2ccccc2)c1. The Bertz CT molecular complexity index is 1040. The van der Waals surface area contributed by atoms with Crippen LogP contribution in [0.3, 0.4) is 0 Å². The Morgan fingerprint density at radius 3 is 2.22 bits per heavy atom. The number of fused-ring (bicyclic) bond motifs is 1. The number of phenols is 2. The molecule has 0 fully saturated rings. The fourth-order valence-corrected chi connectivity index (χ4v) is 3.34. The number of imide groups is 1. The van der Waals surface area contributed by atoms with Crippen molar-refractivity contribution in [2.75, 3.05) is 0 Å². The van der Waals surface area contributed by atoms with Crippen LogP contribution in [0.2, 0.25) is 0 Å². The molecule has 0 atom stereocenters. The number of carbonyl (C=O) groups is 2. The molecule has 1 aliphatic rings. The van der Waals surface area contributed by atoms with Crippen molar-refractivity contribution in [2.24, 2.45) is 0 Å². The van der Waals surface area contributed by atoms with Gasteiger partial charge in [0.25, 0.3) is 11.8 Å². The molecule has 2 N–H and O–H groups in total. The zero-order chi connectivity index (χ0) is 19.0. The summed E-state index contributed by atoms with van der Waals surface area (Å²) in [5.74, 6) is -2.04. The number of amides is 2. The van der Waals surface area contributed by atoms with Gasteiger partial charge in [-0.25, -0.2) is 0 Å². The summed E-state index contributed by atoms with van der Waals surface area (Å²) >= 11 is 0. The molecule has 1 aliphatic heterocycles. The van der Waals surface area contributed by atoms with Gasteiger partial charge in [0.05, 0.1) is 17.7 Å². The Hall–Kier alpha value is -3.60. The van der Waals surface area contributed by atoms with E-state index in [4.69, 9.17) is 0 Å². The van der Waals surface area contributed by atoms with Gasteiger partial charge >= 0.3 is 0 Å². The lowest BCUT2D eigenvalue weighted by Crippen LogP contribution is -2.29. The van der Waals surface area contributed by atoms with E-state index in [9.17, 15) is 19.8 Å². The fraction of sp³-hybridized carbons (Fsp3) is 0.0909. The molecule has 0 spiro atoms. The van der Waals surface area contributed by atoms with E-state index in [1.807, 2.05) is 54.6 Å². The average Bonchev–Trinajstić information content (AvgIpc) is 2.91. The maximum Gasteiger partial charge on any atom is 0.265 e. The van der Waals surface area contributed by atoms with Crippen molar-refractivity contribution >= 4 is 11.8 Å². The molecule has 0 radical (unpaired) electrons. The van der Waals surface area contributed by atoms with Gasteiger partial charge in [0, 0.05) is 0 Å². The van der Waals surface area contributed by atoms with Crippen LogP contribution in [-0.4, -0.2) is 26.9 Å². The quantitative estimate of drug-likeness (QED) is 0.552. The number of hydrogen-bond acceptors (Lipinski definition) is 4. The maximum absolute atomic E-state index is 12.6. The molecule has 0 saturated heterocycles. The first-order valence-corrected chi connectivity index (χ1v) is 8.57. The first-order valence-electron chi connectivity index (χ1n) is 8.57. The van der Waals surface area contributed by atoms with Crippen LogP contribution < -0.4 is 0 Å². The topological polar surface area (TPSA) is 77.8 Å². The summed E-state index contributed by atoms with van der Waals surface area (Å²) in [5.41, 5.74) is 3.05. The van der Waals surface area contributed by atoms with Crippen molar-refractivity contribution in [2.45, 2.75) is 13.0 Å². The highest BCUT2D eigenvalue weighted by atomic mass is 16.3. The highest BCUT2D eigenvalue weighted by molar-refractivity contribution is 6.22. The van der Waals surface area contributed by atoms with E-state index in [1.54, 1.807) is 0 Å².